The molecule has 2 aromatic rings. The lowest BCUT2D eigenvalue weighted by Gasteiger charge is -2.13. The first-order chi connectivity index (χ1) is 8.25. The van der Waals surface area contributed by atoms with E-state index in [1.165, 1.54) is 5.56 Å². The van der Waals surface area contributed by atoms with E-state index in [4.69, 9.17) is 14.9 Å². The van der Waals surface area contributed by atoms with Gasteiger partial charge in [-0.1, -0.05) is 18.2 Å². The van der Waals surface area contributed by atoms with Gasteiger partial charge in [0, 0.05) is 17.5 Å². The summed E-state index contributed by atoms with van der Waals surface area (Å²) in [5, 5.41) is 0. The van der Waals surface area contributed by atoms with Crippen LogP contribution < -0.4 is 10.5 Å². The number of benzene rings is 1. The summed E-state index contributed by atoms with van der Waals surface area (Å²) in [7, 11) is 0. The molecule has 88 valence electrons. The van der Waals surface area contributed by atoms with Crippen LogP contribution in [0, 0.1) is 6.92 Å². The standard InChI is InChI=1S/C14H15NO2/c1-9-7-11(8-17-9)13(15)12-4-2-3-10-5-6-16-14(10)12/h2-4,7-8,13H,5-6,15H2,1H3. The molecule has 0 aliphatic carbocycles. The zero-order chi connectivity index (χ0) is 11.8. The predicted octanol–water partition coefficient (Wildman–Crippen LogP) is 2.57. The molecule has 1 aliphatic heterocycles. The fraction of sp³-hybridized carbons (Fsp3) is 0.286. The molecule has 0 bridgehead atoms. The van der Waals surface area contributed by atoms with Crippen LogP contribution in [0.4, 0.5) is 0 Å². The van der Waals surface area contributed by atoms with Gasteiger partial charge >= 0.3 is 0 Å². The van der Waals surface area contributed by atoms with Crippen LogP contribution in [-0.4, -0.2) is 6.61 Å². The summed E-state index contributed by atoms with van der Waals surface area (Å²) in [5.41, 5.74) is 9.55. The summed E-state index contributed by atoms with van der Waals surface area (Å²) < 4.78 is 11.0. The van der Waals surface area contributed by atoms with E-state index in [0.29, 0.717) is 0 Å². The Bertz CT molecular complexity index is 545. The van der Waals surface area contributed by atoms with Crippen LogP contribution in [0.2, 0.25) is 0 Å². The number of rotatable bonds is 2. The number of hydrogen-bond acceptors (Lipinski definition) is 3. The van der Waals surface area contributed by atoms with Crippen molar-refractivity contribution < 1.29 is 9.15 Å². The second kappa shape index (κ2) is 3.93. The Morgan fingerprint density at radius 2 is 2.24 bits per heavy atom. The van der Waals surface area contributed by atoms with Gasteiger partial charge in [-0.05, 0) is 18.6 Å². The smallest absolute Gasteiger partial charge is 0.127 e. The van der Waals surface area contributed by atoms with Crippen LogP contribution in [0.3, 0.4) is 0 Å². The van der Waals surface area contributed by atoms with E-state index in [-0.39, 0.29) is 6.04 Å². The van der Waals surface area contributed by atoms with Crippen molar-refractivity contribution in [2.45, 2.75) is 19.4 Å². The van der Waals surface area contributed by atoms with Crippen molar-refractivity contribution in [2.75, 3.05) is 6.61 Å². The molecule has 1 aliphatic rings. The molecule has 0 amide bonds. The molecule has 0 spiro atoms. The quantitative estimate of drug-likeness (QED) is 0.861. The molecule has 17 heavy (non-hydrogen) atoms. The molecule has 3 heteroatoms. The second-order valence-electron chi connectivity index (χ2n) is 4.40. The second-order valence-corrected chi connectivity index (χ2v) is 4.40. The van der Waals surface area contributed by atoms with Crippen molar-refractivity contribution in [3.63, 3.8) is 0 Å². The van der Waals surface area contributed by atoms with Gasteiger partial charge < -0.3 is 14.9 Å². The van der Waals surface area contributed by atoms with Gasteiger partial charge in [0.15, 0.2) is 0 Å². The summed E-state index contributed by atoms with van der Waals surface area (Å²) in [6.07, 6.45) is 2.69. The van der Waals surface area contributed by atoms with Gasteiger partial charge in [0.25, 0.3) is 0 Å². The SMILES string of the molecule is Cc1cc(C(N)c2cccc3c2OCC3)co1. The third-order valence-corrected chi connectivity index (χ3v) is 3.19. The summed E-state index contributed by atoms with van der Waals surface area (Å²) in [5.74, 6) is 1.84. The minimum absolute atomic E-state index is 0.180. The molecule has 1 atom stereocenters. The van der Waals surface area contributed by atoms with Crippen LogP contribution in [0.5, 0.6) is 5.75 Å². The van der Waals surface area contributed by atoms with Gasteiger partial charge in [-0.3, -0.25) is 0 Å². The molecule has 3 rings (SSSR count). The Morgan fingerprint density at radius 3 is 3.00 bits per heavy atom. The zero-order valence-corrected chi connectivity index (χ0v) is 9.77. The van der Waals surface area contributed by atoms with Crippen molar-refractivity contribution in [3.8, 4) is 5.75 Å². The number of nitrogens with two attached hydrogens (primary N) is 1. The van der Waals surface area contributed by atoms with Gasteiger partial charge in [-0.15, -0.1) is 0 Å². The lowest BCUT2D eigenvalue weighted by Crippen LogP contribution is -2.12. The minimum Gasteiger partial charge on any atom is -0.493 e. The molecule has 3 nitrogen and oxygen atoms in total. The van der Waals surface area contributed by atoms with E-state index in [0.717, 1.165) is 35.7 Å². The summed E-state index contributed by atoms with van der Waals surface area (Å²) in [6, 6.07) is 7.95. The molecule has 1 aromatic heterocycles. The molecule has 1 unspecified atom stereocenters. The lowest BCUT2D eigenvalue weighted by molar-refractivity contribution is 0.352. The van der Waals surface area contributed by atoms with E-state index in [1.807, 2.05) is 25.1 Å². The molecule has 0 saturated carbocycles. The van der Waals surface area contributed by atoms with E-state index >= 15 is 0 Å². The maximum atomic E-state index is 6.26. The number of fused-ring (bicyclic) bond motifs is 1. The van der Waals surface area contributed by atoms with Crippen LogP contribution >= 0.6 is 0 Å². The number of ether oxygens (including phenoxy) is 1. The van der Waals surface area contributed by atoms with Gasteiger partial charge in [0.05, 0.1) is 18.9 Å². The van der Waals surface area contributed by atoms with Gasteiger partial charge in [0.2, 0.25) is 0 Å². The highest BCUT2D eigenvalue weighted by molar-refractivity contribution is 5.48. The normalized spacial score (nSPS) is 15.4. The fourth-order valence-corrected chi connectivity index (χ4v) is 2.29. The number of aryl methyl sites for hydroxylation is 1. The largest absolute Gasteiger partial charge is 0.493 e. The van der Waals surface area contributed by atoms with E-state index < -0.39 is 0 Å². The Labute approximate surface area is 100 Å². The molecule has 0 saturated heterocycles. The van der Waals surface area contributed by atoms with Gasteiger partial charge in [-0.2, -0.15) is 0 Å². The summed E-state index contributed by atoms with van der Waals surface area (Å²) in [4.78, 5) is 0. The first-order valence-corrected chi connectivity index (χ1v) is 5.81. The Kier molecular flexibility index (Phi) is 2.41. The Morgan fingerprint density at radius 1 is 1.35 bits per heavy atom. The number of hydrogen-bond donors (Lipinski definition) is 1. The van der Waals surface area contributed by atoms with E-state index in [2.05, 4.69) is 6.07 Å². The molecule has 2 N–H and O–H groups in total. The van der Waals surface area contributed by atoms with Crippen LogP contribution in [0.1, 0.15) is 28.5 Å². The van der Waals surface area contributed by atoms with Crippen LogP contribution in [0.15, 0.2) is 34.9 Å². The van der Waals surface area contributed by atoms with Gasteiger partial charge in [-0.25, -0.2) is 0 Å². The van der Waals surface area contributed by atoms with Crippen molar-refractivity contribution in [1.82, 2.24) is 0 Å². The molecular formula is C14H15NO2. The summed E-state index contributed by atoms with van der Waals surface area (Å²) >= 11 is 0. The highest BCUT2D eigenvalue weighted by Crippen LogP contribution is 2.35. The van der Waals surface area contributed by atoms with Gasteiger partial charge in [0.1, 0.15) is 11.5 Å². The predicted molar refractivity (Wildman–Crippen MR) is 65.1 cm³/mol. The zero-order valence-electron chi connectivity index (χ0n) is 9.77. The topological polar surface area (TPSA) is 48.4 Å². The van der Waals surface area contributed by atoms with Crippen molar-refractivity contribution >= 4 is 0 Å². The van der Waals surface area contributed by atoms with Crippen molar-refractivity contribution in [2.24, 2.45) is 5.73 Å². The lowest BCUT2D eigenvalue weighted by atomic mass is 9.98. The van der Waals surface area contributed by atoms with Crippen LogP contribution in [0.25, 0.3) is 0 Å². The monoisotopic (exact) mass is 229 g/mol. The highest BCUT2D eigenvalue weighted by atomic mass is 16.5. The maximum Gasteiger partial charge on any atom is 0.127 e. The first kappa shape index (κ1) is 10.4. The number of furan rings is 1. The third kappa shape index (κ3) is 1.72. The Balaban J connectivity index is 2.02. The third-order valence-electron chi connectivity index (χ3n) is 3.19. The molecule has 2 heterocycles. The average Bonchev–Trinajstić information content (AvgIpc) is 2.95. The Hall–Kier alpha value is -1.74. The molecule has 1 aromatic carbocycles. The van der Waals surface area contributed by atoms with E-state index in [1.54, 1.807) is 6.26 Å². The van der Waals surface area contributed by atoms with Crippen molar-refractivity contribution in [1.29, 1.82) is 0 Å². The van der Waals surface area contributed by atoms with Crippen molar-refractivity contribution in [3.05, 3.63) is 53.0 Å². The molecule has 0 fully saturated rings. The summed E-state index contributed by atoms with van der Waals surface area (Å²) in [6.45, 7) is 2.67. The molecular weight excluding hydrogens is 214 g/mol. The fourth-order valence-electron chi connectivity index (χ4n) is 2.29. The van der Waals surface area contributed by atoms with Crippen LogP contribution in [-0.2, 0) is 6.42 Å². The number of para-hydroxylation sites is 1. The highest BCUT2D eigenvalue weighted by Gasteiger charge is 2.21. The maximum absolute atomic E-state index is 6.26. The first-order valence-electron chi connectivity index (χ1n) is 5.81. The average molecular weight is 229 g/mol. The molecule has 0 radical (unpaired) electrons. The van der Waals surface area contributed by atoms with E-state index in [9.17, 15) is 0 Å². The minimum atomic E-state index is -0.180.